The molecule has 12 unspecified atom stereocenters. The van der Waals surface area contributed by atoms with Crippen molar-refractivity contribution in [1.29, 1.82) is 0 Å². The Kier molecular flexibility index (Phi) is 33.3. The first-order chi connectivity index (χ1) is 48.5. The predicted octanol–water partition coefficient (Wildman–Crippen LogP) is -2.98. The van der Waals surface area contributed by atoms with E-state index in [2.05, 4.69) is 57.8 Å². The van der Waals surface area contributed by atoms with Crippen molar-refractivity contribution in [2.24, 2.45) is 50.5 Å². The number of carboxylic acids is 1. The Morgan fingerprint density at radius 1 is 0.529 bits per heavy atom. The van der Waals surface area contributed by atoms with Gasteiger partial charge in [-0.25, -0.2) is 4.79 Å². The number of hydrogen-bond donors (Lipinski definition) is 17. The van der Waals surface area contributed by atoms with Gasteiger partial charge in [-0.2, -0.15) is 0 Å². The van der Waals surface area contributed by atoms with E-state index >= 15 is 9.59 Å². The van der Waals surface area contributed by atoms with E-state index in [1.165, 1.54) is 41.0 Å². The molecule has 2 aliphatic heterocycles. The van der Waals surface area contributed by atoms with Crippen LogP contribution >= 0.6 is 0 Å². The predicted molar refractivity (Wildman–Crippen MR) is 377 cm³/mol. The third-order valence-electron chi connectivity index (χ3n) is 17.5. The summed E-state index contributed by atoms with van der Waals surface area (Å²) in [5.74, 6) is -11.1. The van der Waals surface area contributed by atoms with Gasteiger partial charge in [-0.3, -0.25) is 62.7 Å². The Morgan fingerprint density at radius 2 is 0.971 bits per heavy atom. The molecule has 22 N–H and O–H groups in total. The van der Waals surface area contributed by atoms with Gasteiger partial charge < -0.3 is 102 Å². The van der Waals surface area contributed by atoms with Crippen LogP contribution in [0.5, 0.6) is 5.75 Å². The van der Waals surface area contributed by atoms with Gasteiger partial charge in [0.2, 0.25) is 65.0 Å². The molecule has 33 nitrogen and oxygen atoms in total. The van der Waals surface area contributed by atoms with Crippen molar-refractivity contribution in [3.63, 3.8) is 0 Å². The highest BCUT2D eigenvalue weighted by Gasteiger charge is 2.43. The van der Waals surface area contributed by atoms with E-state index in [1.54, 1.807) is 74.5 Å². The number of phenolic OH excluding ortho intramolecular Hbond substituents is 1. The van der Waals surface area contributed by atoms with Gasteiger partial charge in [0.05, 0.1) is 13.2 Å². The van der Waals surface area contributed by atoms with E-state index in [4.69, 9.17) is 28.7 Å². The SMILES string of the molecule is CCC(C)C(NC(=O)C(Cc1ccc(O)cc1)NC(=O)C(CCCN=C(N)N)NC(=O)C(CCCN=C(N)N)NC(=O)C1CCCN1C(=O)C(C)NC(=O)C(N)CO)C(=O)N1CCCC1C(=O)NC(CC(C)C)C(=O)NC(Cc1ccccc1)C(=O)NCC(=O)NC(Cc1ccccc1)C(=O)O. The normalized spacial score (nSPS) is 17.0. The van der Waals surface area contributed by atoms with Crippen molar-refractivity contribution in [3.05, 3.63) is 102 Å². The van der Waals surface area contributed by atoms with E-state index in [0.29, 0.717) is 36.0 Å². The standard InChI is InChI=1S/C69H102N18O15/c1-6-40(4)56(66(100)87-32-16-24-54(87)64(98)84-49(33-39(2)3)61(95)82-50(34-42-17-9-7-10-18-42)58(92)77-37-55(90)79-52(67(101)102)36-43-19-11-8-12-20-43)85-62(96)51(35-44-25-27-45(89)28-26-44)83-60(94)47(21-13-29-75-68(71)72)80-59(93)48(22-14-30-76-69(73)74)81-63(97)53-23-15-31-86(53)65(99)41(5)78-57(91)46(70)38-88/h7-12,17-20,25-28,39-41,46-54,56,88-89H,6,13-16,21-24,29-38,70H2,1-5H3,(H,77,92)(H,78,91)(H,79,90)(H,80,93)(H,81,97)(H,82,95)(H,83,94)(H,84,98)(H,85,96)(H,101,102)(H4,71,72,75)(H4,73,74,76). The minimum Gasteiger partial charge on any atom is -0.508 e. The average Bonchev–Trinajstić information content (AvgIpc) is 1.53. The summed E-state index contributed by atoms with van der Waals surface area (Å²) in [6.07, 6.45) is 1.14. The number of phenols is 1. The van der Waals surface area contributed by atoms with Gasteiger partial charge in [0, 0.05) is 45.4 Å². The Morgan fingerprint density at radius 3 is 1.45 bits per heavy atom. The van der Waals surface area contributed by atoms with Crippen LogP contribution in [0, 0.1) is 11.8 Å². The van der Waals surface area contributed by atoms with Gasteiger partial charge >= 0.3 is 5.97 Å². The molecule has 2 heterocycles. The van der Waals surface area contributed by atoms with Crippen molar-refractivity contribution in [3.8, 4) is 5.75 Å². The van der Waals surface area contributed by atoms with Crippen LogP contribution in [-0.4, -0.2) is 214 Å². The van der Waals surface area contributed by atoms with Crippen LogP contribution in [0.1, 0.15) is 116 Å². The molecule has 0 radical (unpaired) electrons. The zero-order chi connectivity index (χ0) is 75.2. The zero-order valence-electron chi connectivity index (χ0n) is 58.4. The van der Waals surface area contributed by atoms with E-state index in [1.807, 2.05) is 13.8 Å². The van der Waals surface area contributed by atoms with E-state index in [0.717, 1.165) is 0 Å². The number of nitrogens with two attached hydrogens (primary N) is 5. The molecular weight excluding hydrogens is 1320 g/mol. The summed E-state index contributed by atoms with van der Waals surface area (Å²) in [5.41, 5.74) is 29.8. The molecule has 11 amide bonds. The number of aliphatic hydroxyl groups is 1. The van der Waals surface area contributed by atoms with Crippen LogP contribution in [0.2, 0.25) is 0 Å². The highest BCUT2D eigenvalue weighted by molar-refractivity contribution is 5.99. The summed E-state index contributed by atoms with van der Waals surface area (Å²) in [5, 5.41) is 53.5. The number of aliphatic carboxylic acids is 1. The summed E-state index contributed by atoms with van der Waals surface area (Å²) in [4.78, 5) is 179. The monoisotopic (exact) mass is 1420 g/mol. The Labute approximate surface area is 592 Å². The van der Waals surface area contributed by atoms with Crippen LogP contribution in [0.25, 0.3) is 0 Å². The van der Waals surface area contributed by atoms with Gasteiger partial charge in [0.1, 0.15) is 72.2 Å². The maximum Gasteiger partial charge on any atom is 0.326 e. The molecule has 102 heavy (non-hydrogen) atoms. The number of guanidine groups is 2. The van der Waals surface area contributed by atoms with Crippen LogP contribution in [0.3, 0.4) is 0 Å². The molecule has 3 aromatic rings. The first kappa shape index (κ1) is 82.2. The summed E-state index contributed by atoms with van der Waals surface area (Å²) < 4.78 is 0. The number of carboxylic acid groups (broad SMARTS) is 1. The molecule has 0 spiro atoms. The number of hydrogen-bond acceptors (Lipinski definition) is 17. The second kappa shape index (κ2) is 41.3. The smallest absolute Gasteiger partial charge is 0.326 e. The van der Waals surface area contributed by atoms with Crippen LogP contribution in [-0.2, 0) is 76.8 Å². The molecule has 0 bridgehead atoms. The zero-order valence-corrected chi connectivity index (χ0v) is 58.4. The Bertz CT molecular complexity index is 3390. The number of aliphatic imine (C=N–C) groups is 2. The minimum absolute atomic E-state index is 0.0125. The number of carbonyl (C=O) groups excluding carboxylic acids is 11. The summed E-state index contributed by atoms with van der Waals surface area (Å²) in [7, 11) is 0. The lowest BCUT2D eigenvalue weighted by atomic mass is 9.96. The van der Waals surface area contributed by atoms with Crippen LogP contribution in [0.15, 0.2) is 94.9 Å². The molecule has 2 aliphatic rings. The van der Waals surface area contributed by atoms with Crippen LogP contribution in [0.4, 0.5) is 0 Å². The largest absolute Gasteiger partial charge is 0.508 e. The Hall–Kier alpha value is -10.4. The number of likely N-dealkylation sites (tertiary alicyclic amines) is 2. The van der Waals surface area contributed by atoms with Crippen molar-refractivity contribution in [1.82, 2.24) is 57.7 Å². The molecule has 0 aromatic heterocycles. The maximum atomic E-state index is 15.1. The summed E-state index contributed by atoms with van der Waals surface area (Å²) in [6, 6.07) is 8.85. The number of aliphatic hydroxyl groups excluding tert-OH is 1. The quantitative estimate of drug-likeness (QED) is 0.0153. The fourth-order valence-corrected chi connectivity index (χ4v) is 11.8. The van der Waals surface area contributed by atoms with E-state index in [9.17, 15) is 63.3 Å². The van der Waals surface area contributed by atoms with Gasteiger partial charge in [-0.15, -0.1) is 0 Å². The number of carbonyl (C=O) groups is 12. The van der Waals surface area contributed by atoms with Crippen molar-refractivity contribution < 1.29 is 72.9 Å². The van der Waals surface area contributed by atoms with E-state index < -0.39 is 156 Å². The molecule has 2 fully saturated rings. The number of nitrogens with zero attached hydrogens (tertiary/aromatic N) is 4. The second-order valence-corrected chi connectivity index (χ2v) is 26.0. The maximum absolute atomic E-state index is 15.1. The Balaban J connectivity index is 1.37. The number of nitrogens with one attached hydrogen (secondary N) is 9. The molecule has 3 aromatic carbocycles. The average molecular weight is 1420 g/mol. The lowest BCUT2D eigenvalue weighted by Crippen LogP contribution is -2.61. The number of amides is 11. The van der Waals surface area contributed by atoms with Crippen LogP contribution < -0.4 is 76.5 Å². The van der Waals surface area contributed by atoms with Crippen molar-refractivity contribution in [2.45, 2.75) is 185 Å². The first-order valence-electron chi connectivity index (χ1n) is 34.4. The molecule has 5 rings (SSSR count). The van der Waals surface area contributed by atoms with Crippen molar-refractivity contribution in [2.75, 3.05) is 39.3 Å². The summed E-state index contributed by atoms with van der Waals surface area (Å²) >= 11 is 0. The van der Waals surface area contributed by atoms with Gasteiger partial charge in [0.25, 0.3) is 0 Å². The molecule has 33 heteroatoms. The fraction of sp³-hybridized carbons (Fsp3) is 0.536. The number of aromatic hydroxyl groups is 1. The van der Waals surface area contributed by atoms with Crippen molar-refractivity contribution >= 4 is 82.9 Å². The molecule has 0 saturated carbocycles. The lowest BCUT2D eigenvalue weighted by molar-refractivity contribution is -0.143. The van der Waals surface area contributed by atoms with Gasteiger partial charge in [-0.05, 0) is 105 Å². The van der Waals surface area contributed by atoms with E-state index in [-0.39, 0.29) is 114 Å². The summed E-state index contributed by atoms with van der Waals surface area (Å²) in [6.45, 7) is 7.41. The molecule has 2 saturated heterocycles. The number of rotatable bonds is 40. The number of benzene rings is 3. The molecule has 12 atom stereocenters. The highest BCUT2D eigenvalue weighted by atomic mass is 16.4. The topological polar surface area (TPSA) is 535 Å². The third-order valence-corrected chi connectivity index (χ3v) is 17.5. The third kappa shape index (κ3) is 26.6. The minimum atomic E-state index is -1.50. The second-order valence-electron chi connectivity index (χ2n) is 26.0. The molecular formula is C69H102N18O15. The fourth-order valence-electron chi connectivity index (χ4n) is 11.8. The molecule has 0 aliphatic carbocycles. The van der Waals surface area contributed by atoms with Gasteiger partial charge in [-0.1, -0.05) is 107 Å². The lowest BCUT2D eigenvalue weighted by Gasteiger charge is -2.33. The highest BCUT2D eigenvalue weighted by Crippen LogP contribution is 2.24. The first-order valence-corrected chi connectivity index (χ1v) is 34.4. The molecule has 558 valence electrons. The van der Waals surface area contributed by atoms with Gasteiger partial charge in [0.15, 0.2) is 11.9 Å².